The molecule has 34 heteroatoms. The summed E-state index contributed by atoms with van der Waals surface area (Å²) in [6.07, 6.45) is 18.4. The first-order chi connectivity index (χ1) is 56.8. The van der Waals surface area contributed by atoms with Gasteiger partial charge in [-0.3, -0.25) is 9.89 Å². The zero-order valence-corrected chi connectivity index (χ0v) is 76.9. The van der Waals surface area contributed by atoms with Gasteiger partial charge in [-0.1, -0.05) is 63.0 Å². The lowest BCUT2D eigenvalue weighted by atomic mass is 9.79. The number of benzene rings is 4. The van der Waals surface area contributed by atoms with Crippen molar-refractivity contribution < 1.29 is 19.7 Å². The quantitative estimate of drug-likeness (QED) is 0.0405. The summed E-state index contributed by atoms with van der Waals surface area (Å²) in [4.78, 5) is 22.8. The minimum absolute atomic E-state index is 0.00147. The molecule has 0 radical (unpaired) electrons. The topological polar surface area (TPSA) is 334 Å². The van der Waals surface area contributed by atoms with Crippen LogP contribution < -0.4 is 51.7 Å². The average Bonchev–Trinajstić information content (AvgIpc) is 1.76. The van der Waals surface area contributed by atoms with Crippen LogP contribution >= 0.6 is 56.9 Å². The summed E-state index contributed by atoms with van der Waals surface area (Å²) in [7, 11) is 10.1. The van der Waals surface area contributed by atoms with Crippen molar-refractivity contribution in [3.63, 3.8) is 0 Å². The zero-order chi connectivity index (χ0) is 87.3. The molecule has 4 aromatic carbocycles. The second-order valence-electron chi connectivity index (χ2n) is 37.5. The molecule has 4 fully saturated rings. The first-order valence-corrected chi connectivity index (χ1v) is 44.3. The number of phenolic OH excluding ortho intramolecular Hbond substituents is 3. The van der Waals surface area contributed by atoms with Gasteiger partial charge in [0, 0.05) is 170 Å². The van der Waals surface area contributed by atoms with E-state index >= 15 is 0 Å². The molecule has 644 valence electrons. The standard InChI is InChI=1S/C23H28ClN5OS.C22H31N7OS.C21H27FN6OS.C21H28N6OS/c1-22(2)11-16(12-23(3,4)28-22)29(5)21-27-26-20(31-21)17-8-6-14(10-18(17)24)15-7-9-19(30)25-13-15;1-21(2)12-15(13-22(3,4)27-21)28(6)20-25-24-19(31-20)16-8-7-14(11-17(16)30)29-10-9-18(23-5)26-29;1-20(2)8-14(9-21(3,4)27-20)28(5)19-26-25-18(30-19)17-15(22)6-12(7-16(17)29)13-10-23-24-11-13;1-20(2)12-15(13-21(3,4)25-20)26(5)19-24-23-18(29-19)16-8-7-14(11-17(16)28)27-10-6-9-22-27/h6-10,13,16,28H,11-12H2,1-5H3,(H,25,30);7-11,15,27,30H,12-13H2,1-6H3,(H,23,26);6-7,10-11,14,27,29H,8-9H2,1-5H3,(H,23,24);6-11,15,25,28H,12-13H2,1-5H3. The third-order valence-corrected chi connectivity index (χ3v) is 26.9. The van der Waals surface area contributed by atoms with Crippen LogP contribution in [0.4, 0.5) is 30.7 Å². The molecule has 121 heavy (non-hydrogen) atoms. The highest BCUT2D eigenvalue weighted by molar-refractivity contribution is 7.19. The number of aromatic amines is 2. The Bertz CT molecular complexity index is 5520. The fourth-order valence-corrected chi connectivity index (χ4v) is 22.2. The Labute approximate surface area is 728 Å². The van der Waals surface area contributed by atoms with Crippen LogP contribution in [-0.2, 0) is 0 Å². The highest BCUT2D eigenvalue weighted by atomic mass is 35.5. The molecule has 0 spiro atoms. The smallest absolute Gasteiger partial charge is 0.247 e. The average molecular weight is 1740 g/mol. The number of pyridine rings is 1. The van der Waals surface area contributed by atoms with Crippen LogP contribution in [0.15, 0.2) is 133 Å². The highest BCUT2D eigenvalue weighted by Crippen LogP contribution is 2.46. The summed E-state index contributed by atoms with van der Waals surface area (Å²) in [5, 5.41) is 106. The van der Waals surface area contributed by atoms with Crippen molar-refractivity contribution in [3.05, 3.63) is 149 Å². The van der Waals surface area contributed by atoms with Crippen molar-refractivity contribution in [1.29, 1.82) is 0 Å². The van der Waals surface area contributed by atoms with Crippen LogP contribution in [0.1, 0.15) is 162 Å². The van der Waals surface area contributed by atoms with Crippen LogP contribution in [0.3, 0.4) is 0 Å². The predicted octanol–water partition coefficient (Wildman–Crippen LogP) is 16.9. The van der Waals surface area contributed by atoms with Crippen LogP contribution in [0, 0.1) is 5.82 Å². The Morgan fingerprint density at radius 3 is 1.22 bits per heavy atom. The Morgan fingerprint density at radius 1 is 0.455 bits per heavy atom. The number of H-pyrrole nitrogens is 2. The van der Waals surface area contributed by atoms with E-state index in [0.29, 0.717) is 65.6 Å². The van der Waals surface area contributed by atoms with Gasteiger partial charge >= 0.3 is 0 Å². The second-order valence-corrected chi connectivity index (χ2v) is 41.8. The summed E-state index contributed by atoms with van der Waals surface area (Å²) >= 11 is 12.5. The lowest BCUT2D eigenvalue weighted by Crippen LogP contribution is -2.61. The number of phenols is 3. The molecule has 0 saturated carbocycles. The fraction of sp³-hybridized carbons (Fsp3) is 0.471. The SMILES string of the molecule is CN(c1nnc(-c2c(O)cc(-c3cn[nH]c3)cc2F)s1)C1CC(C)(C)NC(C)(C)C1.CN(c1nnc(-c2ccc(-c3ccc(=O)[nH]c3)cc2Cl)s1)C1CC(C)(C)NC(C)(C)C1.CN(c1nnc(-c2ccc(-n3cccn3)cc2O)s1)C1CC(C)(C)NC(C)(C)C1.CNc1ccn(-c2ccc(-c3nnc(N(C)C4CC(C)(C)NC(C)(C)C4)s3)c(O)c2)n1. The summed E-state index contributed by atoms with van der Waals surface area (Å²) < 4.78 is 18.3. The largest absolute Gasteiger partial charge is 0.507 e. The monoisotopic (exact) mass is 1740 g/mol. The number of aromatic nitrogens is 15. The van der Waals surface area contributed by atoms with E-state index in [0.717, 1.165) is 106 Å². The fourth-order valence-electron chi connectivity index (χ4n) is 18.2. The van der Waals surface area contributed by atoms with Gasteiger partial charge < -0.3 is 66.5 Å². The molecular weight excluding hydrogens is 1630 g/mol. The Hall–Kier alpha value is -9.84. The molecule has 0 aliphatic carbocycles. The second kappa shape index (κ2) is 34.8. The Morgan fingerprint density at radius 2 is 0.860 bits per heavy atom. The molecular formula is C87H114ClFN24O4S4. The van der Waals surface area contributed by atoms with Crippen molar-refractivity contribution in [2.24, 2.45) is 0 Å². The number of hydrogen-bond donors (Lipinski definition) is 10. The van der Waals surface area contributed by atoms with E-state index < -0.39 is 5.82 Å². The van der Waals surface area contributed by atoms with E-state index in [-0.39, 0.29) is 78.7 Å². The van der Waals surface area contributed by atoms with E-state index in [2.05, 4.69) is 244 Å². The molecule has 12 aromatic rings. The van der Waals surface area contributed by atoms with Crippen LogP contribution in [0.2, 0.25) is 5.02 Å². The number of nitrogens with zero attached hydrogens (tertiary/aromatic N) is 17. The van der Waals surface area contributed by atoms with Gasteiger partial charge in [0.05, 0.1) is 39.3 Å². The van der Waals surface area contributed by atoms with E-state index in [9.17, 15) is 24.5 Å². The lowest BCUT2D eigenvalue weighted by Gasteiger charge is -2.48. The van der Waals surface area contributed by atoms with Crippen LogP contribution in [0.25, 0.3) is 75.9 Å². The van der Waals surface area contributed by atoms with Gasteiger partial charge in [0.1, 0.15) is 28.9 Å². The first-order valence-electron chi connectivity index (χ1n) is 40.6. The predicted molar refractivity (Wildman–Crippen MR) is 490 cm³/mol. The molecule has 4 saturated heterocycles. The minimum Gasteiger partial charge on any atom is -0.507 e. The summed E-state index contributed by atoms with van der Waals surface area (Å²) in [6, 6.07) is 28.1. The van der Waals surface area contributed by atoms with E-state index in [1.54, 1.807) is 63.7 Å². The maximum atomic E-state index is 14.9. The zero-order valence-electron chi connectivity index (χ0n) is 72.8. The van der Waals surface area contributed by atoms with Gasteiger partial charge in [0.2, 0.25) is 26.1 Å². The maximum absolute atomic E-state index is 14.9. The van der Waals surface area contributed by atoms with E-state index in [4.69, 9.17) is 11.6 Å². The summed E-state index contributed by atoms with van der Waals surface area (Å²) in [5.74, 6) is 0.395. The number of piperidine rings is 4. The van der Waals surface area contributed by atoms with Gasteiger partial charge in [0.25, 0.3) is 0 Å². The number of hydrogen-bond acceptors (Lipinski definition) is 28. The number of anilines is 5. The molecule has 4 aliphatic rings. The molecule has 28 nitrogen and oxygen atoms in total. The molecule has 10 N–H and O–H groups in total. The van der Waals surface area contributed by atoms with Crippen molar-refractivity contribution in [2.45, 2.75) is 231 Å². The van der Waals surface area contributed by atoms with Crippen molar-refractivity contribution in [2.75, 3.05) is 60.2 Å². The highest BCUT2D eigenvalue weighted by Gasteiger charge is 2.44. The maximum Gasteiger partial charge on any atom is 0.247 e. The van der Waals surface area contributed by atoms with Gasteiger partial charge in [-0.25, -0.2) is 13.8 Å². The van der Waals surface area contributed by atoms with E-state index in [1.807, 2.05) is 81.1 Å². The molecule has 12 heterocycles. The van der Waals surface area contributed by atoms with Gasteiger partial charge in [-0.05, 0) is 240 Å². The number of nitrogens with one attached hydrogen (secondary N) is 7. The molecule has 0 atom stereocenters. The van der Waals surface area contributed by atoms with Gasteiger partial charge in [-0.2, -0.15) is 15.3 Å². The Kier molecular flexibility index (Phi) is 25.6. The number of halogens is 2. The first kappa shape index (κ1) is 88.9. The van der Waals surface area contributed by atoms with Gasteiger partial charge in [0.15, 0.2) is 20.0 Å². The summed E-state index contributed by atoms with van der Waals surface area (Å²) in [5.41, 5.74) is 7.21. The van der Waals surface area contributed by atoms with Gasteiger partial charge in [-0.15, -0.1) is 40.8 Å². The Balaban J connectivity index is 0.000000139. The molecule has 4 aliphatic heterocycles. The van der Waals surface area contributed by atoms with E-state index in [1.165, 1.54) is 52.2 Å². The molecule has 16 rings (SSSR count). The van der Waals surface area contributed by atoms with Crippen molar-refractivity contribution in [3.8, 4) is 93.2 Å². The third kappa shape index (κ3) is 21.6. The third-order valence-electron chi connectivity index (χ3n) is 22.5. The number of aromatic hydroxyl groups is 3. The molecule has 0 amide bonds. The lowest BCUT2D eigenvalue weighted by molar-refractivity contribution is 0.160. The van der Waals surface area contributed by atoms with Crippen molar-refractivity contribution in [1.82, 2.24) is 96.8 Å². The van der Waals surface area contributed by atoms with Crippen molar-refractivity contribution >= 4 is 83.3 Å². The minimum atomic E-state index is -0.541. The molecule has 8 aromatic heterocycles. The normalized spacial score (nSPS) is 18.3. The van der Waals surface area contributed by atoms with Crippen LogP contribution in [0.5, 0.6) is 17.2 Å². The molecule has 0 bridgehead atoms. The summed E-state index contributed by atoms with van der Waals surface area (Å²) in [6.45, 7) is 35.8. The van der Waals surface area contributed by atoms with Crippen LogP contribution in [-0.4, -0.2) is 195 Å². The molecule has 0 unspecified atom stereocenters. The number of rotatable bonds is 17.